The van der Waals surface area contributed by atoms with Gasteiger partial charge < -0.3 is 24.3 Å². The summed E-state index contributed by atoms with van der Waals surface area (Å²) < 4.78 is 12.9. The van der Waals surface area contributed by atoms with Gasteiger partial charge in [-0.3, -0.25) is 9.59 Å². The van der Waals surface area contributed by atoms with Crippen molar-refractivity contribution in [3.63, 3.8) is 0 Å². The molecule has 1 N–H and O–H groups in total. The Kier molecular flexibility index (Phi) is 7.74. The standard InChI is InChI=1S/C24H33N3O4/c1-5-27(6-2)13-14-31-22-15-17(11-12-21(22)30-4)25-23(28)20-16-26(3)24(29)19-10-8-7-9-18(19)20/h11-12,15-16H,5-10,13-14H2,1-4H3,(H,25,28). The average molecular weight is 428 g/mol. The molecule has 1 heterocycles. The molecule has 3 rings (SSSR count). The number of hydrogen-bond donors (Lipinski definition) is 1. The molecule has 1 aromatic carbocycles. The lowest BCUT2D eigenvalue weighted by atomic mass is 9.89. The fraction of sp³-hybridized carbons (Fsp3) is 0.500. The largest absolute Gasteiger partial charge is 0.493 e. The summed E-state index contributed by atoms with van der Waals surface area (Å²) >= 11 is 0. The molecule has 0 saturated heterocycles. The molecule has 168 valence electrons. The highest BCUT2D eigenvalue weighted by molar-refractivity contribution is 6.05. The number of nitrogens with zero attached hydrogens (tertiary/aromatic N) is 2. The van der Waals surface area contributed by atoms with Crippen LogP contribution in [0.4, 0.5) is 5.69 Å². The van der Waals surface area contributed by atoms with Gasteiger partial charge >= 0.3 is 0 Å². The summed E-state index contributed by atoms with van der Waals surface area (Å²) in [7, 11) is 3.30. The Bertz CT molecular complexity index is 980. The third-order valence-electron chi connectivity index (χ3n) is 5.92. The van der Waals surface area contributed by atoms with Crippen molar-refractivity contribution in [2.45, 2.75) is 39.5 Å². The second-order valence-corrected chi connectivity index (χ2v) is 7.82. The highest BCUT2D eigenvalue weighted by Gasteiger charge is 2.22. The zero-order chi connectivity index (χ0) is 22.4. The van der Waals surface area contributed by atoms with E-state index in [1.54, 1.807) is 38.6 Å². The number of fused-ring (bicyclic) bond motifs is 1. The van der Waals surface area contributed by atoms with Crippen LogP contribution in [0.25, 0.3) is 0 Å². The van der Waals surface area contributed by atoms with Crippen LogP contribution >= 0.6 is 0 Å². The number of methoxy groups -OCH3 is 1. The number of aryl methyl sites for hydroxylation is 1. The van der Waals surface area contributed by atoms with E-state index in [-0.39, 0.29) is 11.5 Å². The summed E-state index contributed by atoms with van der Waals surface area (Å²) in [6, 6.07) is 5.37. The van der Waals surface area contributed by atoms with Crippen molar-refractivity contribution in [3.8, 4) is 11.5 Å². The summed E-state index contributed by atoms with van der Waals surface area (Å²) in [5.41, 5.74) is 2.85. The number of hydrogen-bond acceptors (Lipinski definition) is 5. The number of rotatable bonds is 9. The minimum absolute atomic E-state index is 0.000383. The van der Waals surface area contributed by atoms with Crippen LogP contribution in [0.15, 0.2) is 29.2 Å². The number of ether oxygens (including phenoxy) is 2. The first-order chi connectivity index (χ1) is 15.0. The van der Waals surface area contributed by atoms with Gasteiger partial charge in [0.25, 0.3) is 11.5 Å². The molecule has 0 radical (unpaired) electrons. The molecule has 2 aromatic rings. The van der Waals surface area contributed by atoms with Gasteiger partial charge in [0.05, 0.1) is 12.7 Å². The van der Waals surface area contributed by atoms with E-state index in [4.69, 9.17) is 9.47 Å². The van der Waals surface area contributed by atoms with E-state index < -0.39 is 0 Å². The van der Waals surface area contributed by atoms with E-state index in [1.165, 1.54) is 4.57 Å². The van der Waals surface area contributed by atoms with E-state index in [9.17, 15) is 9.59 Å². The number of aromatic nitrogens is 1. The summed E-state index contributed by atoms with van der Waals surface area (Å²) in [5.74, 6) is 1.000. The summed E-state index contributed by atoms with van der Waals surface area (Å²) in [6.45, 7) is 7.53. The third-order valence-corrected chi connectivity index (χ3v) is 5.92. The van der Waals surface area contributed by atoms with Crippen molar-refractivity contribution in [2.75, 3.05) is 38.7 Å². The Balaban J connectivity index is 1.79. The molecule has 0 aliphatic heterocycles. The molecule has 1 aromatic heterocycles. The van der Waals surface area contributed by atoms with E-state index in [0.717, 1.165) is 56.4 Å². The van der Waals surface area contributed by atoms with Crippen molar-refractivity contribution in [1.29, 1.82) is 0 Å². The van der Waals surface area contributed by atoms with Gasteiger partial charge in [-0.25, -0.2) is 0 Å². The van der Waals surface area contributed by atoms with Crippen molar-refractivity contribution in [2.24, 2.45) is 7.05 Å². The first-order valence-electron chi connectivity index (χ1n) is 11.0. The normalized spacial score (nSPS) is 13.1. The predicted molar refractivity (Wildman–Crippen MR) is 123 cm³/mol. The third kappa shape index (κ3) is 5.28. The van der Waals surface area contributed by atoms with Gasteiger partial charge in [0.1, 0.15) is 6.61 Å². The monoisotopic (exact) mass is 427 g/mol. The predicted octanol–water partition coefficient (Wildman–Crippen LogP) is 3.25. The highest BCUT2D eigenvalue weighted by Crippen LogP contribution is 2.31. The zero-order valence-corrected chi connectivity index (χ0v) is 19.0. The molecule has 1 amide bonds. The Morgan fingerprint density at radius 1 is 1.13 bits per heavy atom. The molecule has 0 bridgehead atoms. The van der Waals surface area contributed by atoms with Crippen LogP contribution in [-0.2, 0) is 19.9 Å². The van der Waals surface area contributed by atoms with Crippen LogP contribution in [0.1, 0.15) is 48.2 Å². The summed E-state index contributed by atoms with van der Waals surface area (Å²) in [5, 5.41) is 2.97. The molecule has 0 unspecified atom stereocenters. The number of carbonyl (C=O) groups is 1. The lowest BCUT2D eigenvalue weighted by Crippen LogP contribution is -2.29. The lowest BCUT2D eigenvalue weighted by Gasteiger charge is -2.20. The maximum Gasteiger partial charge on any atom is 0.257 e. The van der Waals surface area contributed by atoms with Crippen LogP contribution in [0.2, 0.25) is 0 Å². The molecule has 0 atom stereocenters. The molecule has 31 heavy (non-hydrogen) atoms. The van der Waals surface area contributed by atoms with Crippen molar-refractivity contribution < 1.29 is 14.3 Å². The molecule has 1 aliphatic carbocycles. The smallest absolute Gasteiger partial charge is 0.257 e. The van der Waals surface area contributed by atoms with Crippen LogP contribution in [0.3, 0.4) is 0 Å². The summed E-state index contributed by atoms with van der Waals surface area (Å²) in [4.78, 5) is 27.8. The van der Waals surface area contributed by atoms with Gasteiger partial charge in [0.15, 0.2) is 11.5 Å². The number of benzene rings is 1. The minimum atomic E-state index is -0.215. The fourth-order valence-electron chi connectivity index (χ4n) is 4.07. The van der Waals surface area contributed by atoms with Gasteiger partial charge in [-0.05, 0) is 56.5 Å². The van der Waals surface area contributed by atoms with Crippen LogP contribution in [0, 0.1) is 0 Å². The Morgan fingerprint density at radius 3 is 2.52 bits per heavy atom. The molecular formula is C24H33N3O4. The van der Waals surface area contributed by atoms with Crippen LogP contribution < -0.4 is 20.3 Å². The quantitative estimate of drug-likeness (QED) is 0.665. The van der Waals surface area contributed by atoms with Gasteiger partial charge in [-0.2, -0.15) is 0 Å². The van der Waals surface area contributed by atoms with E-state index >= 15 is 0 Å². The Hall–Kier alpha value is -2.80. The van der Waals surface area contributed by atoms with Crippen molar-refractivity contribution in [1.82, 2.24) is 9.47 Å². The maximum atomic E-state index is 13.1. The second-order valence-electron chi connectivity index (χ2n) is 7.82. The Morgan fingerprint density at radius 2 is 1.84 bits per heavy atom. The number of nitrogens with one attached hydrogen (secondary N) is 1. The number of likely N-dealkylation sites (N-methyl/N-ethyl adjacent to an activating group) is 1. The van der Waals surface area contributed by atoms with Crippen molar-refractivity contribution >= 4 is 11.6 Å². The van der Waals surface area contributed by atoms with Crippen molar-refractivity contribution in [3.05, 3.63) is 51.4 Å². The zero-order valence-electron chi connectivity index (χ0n) is 19.0. The highest BCUT2D eigenvalue weighted by atomic mass is 16.5. The van der Waals surface area contributed by atoms with Crippen LogP contribution in [0.5, 0.6) is 11.5 Å². The van der Waals surface area contributed by atoms with Crippen LogP contribution in [-0.4, -0.2) is 48.7 Å². The maximum absolute atomic E-state index is 13.1. The molecule has 1 aliphatic rings. The first-order valence-corrected chi connectivity index (χ1v) is 11.0. The number of pyridine rings is 1. The molecule has 0 saturated carbocycles. The van der Waals surface area contributed by atoms with Gasteiger partial charge in [-0.1, -0.05) is 13.8 Å². The van der Waals surface area contributed by atoms with Gasteiger partial charge in [-0.15, -0.1) is 0 Å². The number of anilines is 1. The molecule has 7 nitrogen and oxygen atoms in total. The number of carbonyl (C=O) groups excluding carboxylic acids is 1. The molecule has 0 fully saturated rings. The van der Waals surface area contributed by atoms with Gasteiger partial charge in [0.2, 0.25) is 0 Å². The first kappa shape index (κ1) is 22.9. The van der Waals surface area contributed by atoms with Gasteiger partial charge in [0, 0.05) is 37.1 Å². The minimum Gasteiger partial charge on any atom is -0.493 e. The van der Waals surface area contributed by atoms with E-state index in [1.807, 2.05) is 0 Å². The summed E-state index contributed by atoms with van der Waals surface area (Å²) in [6.07, 6.45) is 5.12. The van der Waals surface area contributed by atoms with E-state index in [2.05, 4.69) is 24.1 Å². The molecule has 7 heteroatoms. The topological polar surface area (TPSA) is 72.8 Å². The fourth-order valence-corrected chi connectivity index (χ4v) is 4.07. The molecule has 0 spiro atoms. The SMILES string of the molecule is CCN(CC)CCOc1cc(NC(=O)c2cn(C)c(=O)c3c2CCCC3)ccc1OC. The molecular weight excluding hydrogens is 394 g/mol. The average Bonchev–Trinajstić information content (AvgIpc) is 2.79. The second kappa shape index (κ2) is 10.5. The van der Waals surface area contributed by atoms with E-state index in [0.29, 0.717) is 29.4 Å². The number of amides is 1. The Labute approximate surface area is 184 Å². The lowest BCUT2D eigenvalue weighted by molar-refractivity contribution is 0.102.